The maximum absolute atomic E-state index is 13.2. The molecule has 1 aliphatic heterocycles. The molecule has 1 aromatic heterocycles. The Hall–Kier alpha value is -4.39. The van der Waals surface area contributed by atoms with Crippen LogP contribution in [0.15, 0.2) is 76.0 Å². The number of ether oxygens (including phenoxy) is 1. The predicted molar refractivity (Wildman–Crippen MR) is 131 cm³/mol. The van der Waals surface area contributed by atoms with E-state index in [0.717, 1.165) is 16.2 Å². The number of hydrogen-bond acceptors (Lipinski definition) is 6. The number of esters is 1. The number of carbonyl (C=O) groups is 2. The Kier molecular flexibility index (Phi) is 5.17. The van der Waals surface area contributed by atoms with Gasteiger partial charge in [-0.2, -0.15) is 0 Å². The molecule has 170 valence electrons. The monoisotopic (exact) mass is 454 g/mol. The van der Waals surface area contributed by atoms with Crippen LogP contribution in [0.25, 0.3) is 27.8 Å². The summed E-state index contributed by atoms with van der Waals surface area (Å²) in [6, 6.07) is 18.6. The summed E-state index contributed by atoms with van der Waals surface area (Å²) >= 11 is 0. The minimum atomic E-state index is -1.20. The minimum absolute atomic E-state index is 0.264. The zero-order chi connectivity index (χ0) is 23.9. The highest BCUT2D eigenvalue weighted by atomic mass is 16.5. The van der Waals surface area contributed by atoms with Gasteiger partial charge in [-0.1, -0.05) is 36.4 Å². The number of hydrogen-bond donors (Lipinski definition) is 2. The number of fused-ring (bicyclic) bond motifs is 3. The van der Waals surface area contributed by atoms with Gasteiger partial charge in [0.1, 0.15) is 11.2 Å². The molecule has 4 aromatic rings. The van der Waals surface area contributed by atoms with E-state index in [1.54, 1.807) is 38.1 Å². The first kappa shape index (κ1) is 21.5. The van der Waals surface area contributed by atoms with Crippen molar-refractivity contribution in [2.45, 2.75) is 19.5 Å². The Morgan fingerprint density at radius 3 is 2.53 bits per heavy atom. The first-order valence-corrected chi connectivity index (χ1v) is 10.9. The van der Waals surface area contributed by atoms with E-state index in [1.165, 1.54) is 12.2 Å². The number of rotatable bonds is 4. The van der Waals surface area contributed by atoms with Crippen molar-refractivity contribution in [2.75, 3.05) is 11.9 Å². The van der Waals surface area contributed by atoms with Gasteiger partial charge >= 0.3 is 11.6 Å². The lowest BCUT2D eigenvalue weighted by molar-refractivity contribution is -0.137. The number of amides is 1. The van der Waals surface area contributed by atoms with Gasteiger partial charge in [0.25, 0.3) is 5.91 Å². The highest BCUT2D eigenvalue weighted by molar-refractivity contribution is 6.06. The van der Waals surface area contributed by atoms with Crippen molar-refractivity contribution in [3.63, 3.8) is 0 Å². The van der Waals surface area contributed by atoms with Crippen LogP contribution in [0.4, 0.5) is 5.69 Å². The van der Waals surface area contributed by atoms with Crippen LogP contribution in [0.5, 0.6) is 0 Å². The van der Waals surface area contributed by atoms with Crippen LogP contribution in [0.3, 0.4) is 0 Å². The van der Waals surface area contributed by atoms with Gasteiger partial charge in [-0.05, 0) is 60.5 Å². The average Bonchev–Trinajstić information content (AvgIpc) is 2.81. The highest BCUT2D eigenvalue weighted by Gasteiger charge is 2.38. The van der Waals surface area contributed by atoms with Crippen LogP contribution in [0, 0.1) is 0 Å². The fraction of sp³-hybridized carbons (Fsp3) is 0.148. The maximum atomic E-state index is 13.2. The summed E-state index contributed by atoms with van der Waals surface area (Å²) in [5.74, 6) is -0.867. The third-order valence-corrected chi connectivity index (χ3v) is 5.90. The molecule has 34 heavy (non-hydrogen) atoms. The normalized spacial score (nSPS) is 17.4. The SMILES string of the molecule is CCOC(=O)/C=C/c1cccc2c1C(=O)NC(C)(c1cc3cc4ccccc4cc3oc1=O)N2. The summed E-state index contributed by atoms with van der Waals surface area (Å²) in [6.07, 6.45) is 2.82. The van der Waals surface area contributed by atoms with Gasteiger partial charge in [-0.3, -0.25) is 4.79 Å². The predicted octanol–water partition coefficient (Wildman–Crippen LogP) is 4.55. The summed E-state index contributed by atoms with van der Waals surface area (Å²) < 4.78 is 10.6. The fourth-order valence-electron chi connectivity index (χ4n) is 4.30. The van der Waals surface area contributed by atoms with E-state index in [4.69, 9.17) is 9.15 Å². The Balaban J connectivity index is 1.56. The minimum Gasteiger partial charge on any atom is -0.463 e. The molecule has 1 aliphatic rings. The number of benzene rings is 3. The van der Waals surface area contributed by atoms with Gasteiger partial charge in [0.05, 0.1) is 17.7 Å². The molecule has 0 radical (unpaired) electrons. The van der Waals surface area contributed by atoms with E-state index < -0.39 is 17.3 Å². The molecule has 3 aromatic carbocycles. The van der Waals surface area contributed by atoms with E-state index in [0.29, 0.717) is 22.4 Å². The van der Waals surface area contributed by atoms with Crippen LogP contribution in [-0.4, -0.2) is 18.5 Å². The zero-order valence-electron chi connectivity index (χ0n) is 18.7. The molecule has 5 rings (SSSR count). The molecule has 2 heterocycles. The smallest absolute Gasteiger partial charge is 0.343 e. The molecule has 2 N–H and O–H groups in total. The molecule has 1 atom stereocenters. The second kappa shape index (κ2) is 8.19. The summed E-state index contributed by atoms with van der Waals surface area (Å²) in [4.78, 5) is 37.9. The lowest BCUT2D eigenvalue weighted by Crippen LogP contribution is -2.55. The molecule has 0 saturated heterocycles. The Morgan fingerprint density at radius 2 is 1.76 bits per heavy atom. The highest BCUT2D eigenvalue weighted by Crippen LogP contribution is 2.33. The van der Waals surface area contributed by atoms with Gasteiger partial charge in [0.2, 0.25) is 0 Å². The van der Waals surface area contributed by atoms with Crippen molar-refractivity contribution in [2.24, 2.45) is 0 Å². The molecule has 0 fully saturated rings. The first-order valence-electron chi connectivity index (χ1n) is 10.9. The molecule has 0 bridgehead atoms. The molecule has 1 unspecified atom stereocenters. The lowest BCUT2D eigenvalue weighted by atomic mass is 9.94. The molecule has 0 saturated carbocycles. The van der Waals surface area contributed by atoms with Gasteiger partial charge < -0.3 is 19.8 Å². The topological polar surface area (TPSA) is 97.6 Å². The third kappa shape index (κ3) is 3.71. The average molecular weight is 454 g/mol. The summed E-state index contributed by atoms with van der Waals surface area (Å²) in [5.41, 5.74) is 0.474. The van der Waals surface area contributed by atoms with Crippen molar-refractivity contribution in [3.05, 3.63) is 93.9 Å². The van der Waals surface area contributed by atoms with Crippen LogP contribution in [0.2, 0.25) is 0 Å². The van der Waals surface area contributed by atoms with Crippen LogP contribution >= 0.6 is 0 Å². The number of carbonyl (C=O) groups excluding carboxylic acids is 2. The maximum Gasteiger partial charge on any atom is 0.343 e. The molecular formula is C27H22N2O5. The van der Waals surface area contributed by atoms with Crippen molar-refractivity contribution in [3.8, 4) is 0 Å². The Labute approximate surface area is 195 Å². The molecule has 0 spiro atoms. The molecule has 0 aliphatic carbocycles. The van der Waals surface area contributed by atoms with Crippen molar-refractivity contribution < 1.29 is 18.7 Å². The summed E-state index contributed by atoms with van der Waals surface area (Å²) in [6.45, 7) is 3.70. The van der Waals surface area contributed by atoms with Crippen molar-refractivity contribution >= 4 is 45.4 Å². The van der Waals surface area contributed by atoms with Gasteiger partial charge in [-0.25, -0.2) is 9.59 Å². The number of nitrogens with one attached hydrogen (secondary N) is 2. The number of anilines is 1. The second-order valence-electron chi connectivity index (χ2n) is 8.24. The molecule has 7 heteroatoms. The zero-order valence-corrected chi connectivity index (χ0v) is 18.7. The van der Waals surface area contributed by atoms with E-state index in [1.807, 2.05) is 36.4 Å². The second-order valence-corrected chi connectivity index (χ2v) is 8.24. The van der Waals surface area contributed by atoms with Crippen LogP contribution in [-0.2, 0) is 15.2 Å². The van der Waals surface area contributed by atoms with Gasteiger partial charge in [0, 0.05) is 17.1 Å². The van der Waals surface area contributed by atoms with E-state index >= 15 is 0 Å². The summed E-state index contributed by atoms with van der Waals surface area (Å²) in [5, 5.41) is 8.92. The molecular weight excluding hydrogens is 432 g/mol. The van der Waals surface area contributed by atoms with Crippen molar-refractivity contribution in [1.29, 1.82) is 0 Å². The standard InChI is InChI=1S/C27H22N2O5/c1-3-33-23(30)12-11-16-9-6-10-21-24(16)25(31)29-27(2,28-21)20-14-19-13-17-7-4-5-8-18(17)15-22(19)34-26(20)32/h4-15,28H,3H2,1-2H3,(H,29,31)/b12-11+. The van der Waals surface area contributed by atoms with Crippen LogP contribution in [0.1, 0.15) is 35.3 Å². The first-order chi connectivity index (χ1) is 16.4. The van der Waals surface area contributed by atoms with Crippen LogP contribution < -0.4 is 16.3 Å². The van der Waals surface area contributed by atoms with E-state index in [-0.39, 0.29) is 18.1 Å². The van der Waals surface area contributed by atoms with E-state index in [2.05, 4.69) is 10.6 Å². The van der Waals surface area contributed by atoms with Gasteiger partial charge in [-0.15, -0.1) is 0 Å². The van der Waals surface area contributed by atoms with E-state index in [9.17, 15) is 14.4 Å². The Morgan fingerprint density at radius 1 is 1.00 bits per heavy atom. The largest absolute Gasteiger partial charge is 0.463 e. The van der Waals surface area contributed by atoms with Gasteiger partial charge in [0.15, 0.2) is 0 Å². The third-order valence-electron chi connectivity index (χ3n) is 5.90. The summed E-state index contributed by atoms with van der Waals surface area (Å²) in [7, 11) is 0. The molecule has 7 nitrogen and oxygen atoms in total. The fourth-order valence-corrected chi connectivity index (χ4v) is 4.30. The Bertz CT molecular complexity index is 1550. The quantitative estimate of drug-likeness (QED) is 0.203. The van der Waals surface area contributed by atoms with Crippen molar-refractivity contribution in [1.82, 2.24) is 5.32 Å². The molecule has 1 amide bonds. The lowest BCUT2D eigenvalue weighted by Gasteiger charge is -2.37.